The summed E-state index contributed by atoms with van der Waals surface area (Å²) >= 11 is 0. The predicted molar refractivity (Wildman–Crippen MR) is 210 cm³/mol. The molecule has 304 valence electrons. The van der Waals surface area contributed by atoms with Gasteiger partial charge < -0.3 is 48.3 Å². The van der Waals surface area contributed by atoms with Gasteiger partial charge in [0.1, 0.15) is 30.3 Å². The van der Waals surface area contributed by atoms with E-state index in [0.717, 1.165) is 30.4 Å². The molecule has 2 aromatic carbocycles. The van der Waals surface area contributed by atoms with Crippen LogP contribution in [-0.4, -0.2) is 101 Å². The van der Waals surface area contributed by atoms with Gasteiger partial charge in [-0.05, 0) is 108 Å². The number of nitrogens with two attached hydrogens (primary N) is 2. The molecule has 0 spiro atoms. The van der Waals surface area contributed by atoms with Crippen LogP contribution in [-0.2, 0) is 30.4 Å². The summed E-state index contributed by atoms with van der Waals surface area (Å²) < 4.78 is 0. The standard InChI is InChI=1S/C40H61N7O8/c1-6-8-11-27-13-15-28(16-14-27)29-17-19-30(20-18-29)37(52)46-32(21-23-42)39(54)47-34(26(5)48)40(55)44-25(4)36(51)45-31(12-9-10-22-41)38(53)43-24(3)35(50)33(49)7-2/h13-20,24-26,31-34,48-49H,6-12,21-23,41-42H2,1-5H3,(H,43,53)(H,44,55)(H,45,51)(H,46,52)(H,47,54)/t24-,25-,26+,31-,32-,33?,34-/m0/s1. The van der Waals surface area contributed by atoms with Gasteiger partial charge in [0.15, 0.2) is 5.78 Å². The number of nitrogens with one attached hydrogen (secondary N) is 5. The molecule has 0 aliphatic rings. The third-order valence-corrected chi connectivity index (χ3v) is 9.23. The Morgan fingerprint density at radius 2 is 1.18 bits per heavy atom. The quantitative estimate of drug-likeness (QED) is 0.0685. The first kappa shape index (κ1) is 46.5. The van der Waals surface area contributed by atoms with Gasteiger partial charge in [0.2, 0.25) is 23.6 Å². The van der Waals surface area contributed by atoms with E-state index in [0.29, 0.717) is 24.9 Å². The molecule has 0 bridgehead atoms. The molecule has 0 radical (unpaired) electrons. The zero-order chi connectivity index (χ0) is 41.1. The molecule has 15 heteroatoms. The van der Waals surface area contributed by atoms with Crippen LogP contribution in [0, 0.1) is 0 Å². The van der Waals surface area contributed by atoms with Crippen molar-refractivity contribution >= 4 is 35.3 Å². The summed E-state index contributed by atoms with van der Waals surface area (Å²) in [4.78, 5) is 78.4. The minimum Gasteiger partial charge on any atom is -0.391 e. The Kier molecular flexibility index (Phi) is 20.2. The van der Waals surface area contributed by atoms with Gasteiger partial charge in [0.25, 0.3) is 5.91 Å². The lowest BCUT2D eigenvalue weighted by Gasteiger charge is -2.27. The van der Waals surface area contributed by atoms with Crippen molar-refractivity contribution in [2.45, 2.75) is 128 Å². The van der Waals surface area contributed by atoms with E-state index in [-0.39, 0.29) is 25.8 Å². The number of carbonyl (C=O) groups is 6. The van der Waals surface area contributed by atoms with Gasteiger partial charge in [-0.3, -0.25) is 28.8 Å². The van der Waals surface area contributed by atoms with E-state index in [9.17, 15) is 39.0 Å². The Hall–Kier alpha value is -4.70. The lowest BCUT2D eigenvalue weighted by Crippen LogP contribution is -2.60. The highest BCUT2D eigenvalue weighted by Crippen LogP contribution is 2.21. The second kappa shape index (κ2) is 23.9. The average Bonchev–Trinajstić information content (AvgIpc) is 3.17. The summed E-state index contributed by atoms with van der Waals surface area (Å²) in [6, 6.07) is 9.20. The molecule has 0 saturated heterocycles. The smallest absolute Gasteiger partial charge is 0.251 e. The van der Waals surface area contributed by atoms with E-state index in [1.54, 1.807) is 19.1 Å². The highest BCUT2D eigenvalue weighted by Gasteiger charge is 2.33. The fourth-order valence-electron chi connectivity index (χ4n) is 5.70. The zero-order valence-electron chi connectivity index (χ0n) is 32.7. The fraction of sp³-hybridized carbons (Fsp3) is 0.550. The second-order valence-electron chi connectivity index (χ2n) is 13.8. The molecular formula is C40H61N7O8. The van der Waals surface area contributed by atoms with E-state index >= 15 is 0 Å². The van der Waals surface area contributed by atoms with E-state index < -0.39 is 77.7 Å². The minimum absolute atomic E-state index is 0.0282. The number of hydrogen-bond donors (Lipinski definition) is 9. The van der Waals surface area contributed by atoms with Gasteiger partial charge in [-0.15, -0.1) is 0 Å². The summed E-state index contributed by atoms with van der Waals surface area (Å²) in [5.74, 6) is -4.17. The molecule has 0 saturated carbocycles. The van der Waals surface area contributed by atoms with Crippen LogP contribution in [0.15, 0.2) is 48.5 Å². The summed E-state index contributed by atoms with van der Waals surface area (Å²) in [6.07, 6.45) is 2.03. The molecule has 11 N–H and O–H groups in total. The number of hydrogen-bond acceptors (Lipinski definition) is 10. The Morgan fingerprint density at radius 3 is 1.73 bits per heavy atom. The normalized spacial score (nSPS) is 14.9. The summed E-state index contributed by atoms with van der Waals surface area (Å²) in [7, 11) is 0. The van der Waals surface area contributed by atoms with Gasteiger partial charge >= 0.3 is 0 Å². The van der Waals surface area contributed by atoms with E-state index in [1.165, 1.54) is 26.3 Å². The number of aliphatic hydroxyl groups is 2. The van der Waals surface area contributed by atoms with Crippen molar-refractivity contribution in [3.8, 4) is 11.1 Å². The molecule has 0 aromatic heterocycles. The van der Waals surface area contributed by atoms with Gasteiger partial charge in [0.05, 0.1) is 12.1 Å². The van der Waals surface area contributed by atoms with Crippen LogP contribution < -0.4 is 38.1 Å². The molecule has 55 heavy (non-hydrogen) atoms. The number of benzene rings is 2. The zero-order valence-corrected chi connectivity index (χ0v) is 32.7. The van der Waals surface area contributed by atoms with Crippen molar-refractivity contribution in [1.82, 2.24) is 26.6 Å². The number of unbranched alkanes of at least 4 members (excludes halogenated alkanes) is 2. The second-order valence-corrected chi connectivity index (χ2v) is 13.8. The highest BCUT2D eigenvalue weighted by atomic mass is 16.3. The van der Waals surface area contributed by atoms with Gasteiger partial charge in [-0.25, -0.2) is 0 Å². The molecule has 15 nitrogen and oxygen atoms in total. The van der Waals surface area contributed by atoms with Crippen LogP contribution in [0.3, 0.4) is 0 Å². The van der Waals surface area contributed by atoms with Crippen LogP contribution in [0.4, 0.5) is 0 Å². The maximum atomic E-state index is 13.4. The van der Waals surface area contributed by atoms with Crippen LogP contribution in [0.5, 0.6) is 0 Å². The summed E-state index contributed by atoms with van der Waals surface area (Å²) in [5, 5.41) is 33.0. The highest BCUT2D eigenvalue weighted by molar-refractivity contribution is 5.99. The molecule has 1 unspecified atom stereocenters. The summed E-state index contributed by atoms with van der Waals surface area (Å²) in [6.45, 7) is 8.24. The third kappa shape index (κ3) is 15.2. The molecule has 2 rings (SSSR count). The van der Waals surface area contributed by atoms with E-state index in [2.05, 4.69) is 45.6 Å². The lowest BCUT2D eigenvalue weighted by molar-refractivity contribution is -0.136. The van der Waals surface area contributed by atoms with Gasteiger partial charge in [-0.1, -0.05) is 56.7 Å². The molecule has 0 aliphatic heterocycles. The van der Waals surface area contributed by atoms with Crippen LogP contribution >= 0.6 is 0 Å². The first-order valence-electron chi connectivity index (χ1n) is 19.2. The summed E-state index contributed by atoms with van der Waals surface area (Å²) in [5.41, 5.74) is 14.8. The Balaban J connectivity index is 2.07. The third-order valence-electron chi connectivity index (χ3n) is 9.23. The number of ketones is 1. The molecule has 7 atom stereocenters. The van der Waals surface area contributed by atoms with E-state index in [4.69, 9.17) is 11.5 Å². The van der Waals surface area contributed by atoms with Crippen LogP contribution in [0.25, 0.3) is 11.1 Å². The molecular weight excluding hydrogens is 706 g/mol. The minimum atomic E-state index is -1.52. The van der Waals surface area contributed by atoms with Crippen molar-refractivity contribution in [3.63, 3.8) is 0 Å². The predicted octanol–water partition coefficient (Wildman–Crippen LogP) is 0.972. The van der Waals surface area contributed by atoms with Crippen molar-refractivity contribution in [2.75, 3.05) is 13.1 Å². The molecule has 0 fully saturated rings. The maximum absolute atomic E-state index is 13.4. The number of aliphatic hydroxyl groups excluding tert-OH is 2. The molecule has 2 aromatic rings. The van der Waals surface area contributed by atoms with Crippen LogP contribution in [0.2, 0.25) is 0 Å². The van der Waals surface area contributed by atoms with E-state index in [1.807, 2.05) is 24.3 Å². The van der Waals surface area contributed by atoms with Crippen molar-refractivity contribution in [2.24, 2.45) is 11.5 Å². The van der Waals surface area contributed by atoms with Crippen molar-refractivity contribution < 1.29 is 39.0 Å². The Bertz CT molecular complexity index is 1550. The largest absolute Gasteiger partial charge is 0.391 e. The number of amides is 5. The maximum Gasteiger partial charge on any atom is 0.251 e. The number of aryl methyl sites for hydroxylation is 1. The van der Waals surface area contributed by atoms with Crippen LogP contribution in [0.1, 0.15) is 95.5 Å². The Morgan fingerprint density at radius 1 is 0.618 bits per heavy atom. The lowest BCUT2D eigenvalue weighted by atomic mass is 10.0. The van der Waals surface area contributed by atoms with Crippen molar-refractivity contribution in [1.29, 1.82) is 0 Å². The average molecular weight is 768 g/mol. The molecule has 0 heterocycles. The Labute approximate surface area is 324 Å². The van der Waals surface area contributed by atoms with Gasteiger partial charge in [0, 0.05) is 5.56 Å². The fourth-order valence-corrected chi connectivity index (χ4v) is 5.70. The number of rotatable bonds is 24. The SMILES string of the molecule is CCCCc1ccc(-c2ccc(C(=O)N[C@@H](CCN)C(=O)N[C@H](C(=O)N[C@@H](C)C(=O)N[C@@H](CCCCN)C(=O)N[C@@H](C)C(=O)C(O)CC)[C@@H](C)O)cc2)cc1. The topological polar surface area (TPSA) is 255 Å². The molecule has 0 aliphatic carbocycles. The van der Waals surface area contributed by atoms with Crippen molar-refractivity contribution in [3.05, 3.63) is 59.7 Å². The molecule has 5 amide bonds. The number of carbonyl (C=O) groups excluding carboxylic acids is 6. The first-order chi connectivity index (χ1) is 26.2. The first-order valence-corrected chi connectivity index (χ1v) is 19.2. The monoisotopic (exact) mass is 767 g/mol. The van der Waals surface area contributed by atoms with Gasteiger partial charge in [-0.2, -0.15) is 0 Å². The number of Topliss-reactive ketones (excluding diaryl/α,β-unsaturated/α-hetero) is 1.